The van der Waals surface area contributed by atoms with E-state index in [9.17, 15) is 10.1 Å². The van der Waals surface area contributed by atoms with Crippen LogP contribution in [0.2, 0.25) is 0 Å². The van der Waals surface area contributed by atoms with Gasteiger partial charge in [-0.25, -0.2) is 4.98 Å². The summed E-state index contributed by atoms with van der Waals surface area (Å²) < 4.78 is 0. The second-order valence-corrected chi connectivity index (χ2v) is 8.70. The summed E-state index contributed by atoms with van der Waals surface area (Å²) in [7, 11) is 0. The molecule has 1 fully saturated rings. The summed E-state index contributed by atoms with van der Waals surface area (Å²) in [6, 6.07) is 10.1. The highest BCUT2D eigenvalue weighted by Crippen LogP contribution is 2.37. The number of carbonyl (C=O) groups is 1. The molecule has 29 heavy (non-hydrogen) atoms. The first-order valence-electron chi connectivity index (χ1n) is 10.4. The van der Waals surface area contributed by atoms with E-state index in [1.807, 2.05) is 31.2 Å². The molecular formula is C23H26N4OS. The van der Waals surface area contributed by atoms with Crippen LogP contribution in [0.15, 0.2) is 29.3 Å². The van der Waals surface area contributed by atoms with Crippen LogP contribution in [0.5, 0.6) is 0 Å². The van der Waals surface area contributed by atoms with E-state index < -0.39 is 0 Å². The molecule has 6 heteroatoms. The van der Waals surface area contributed by atoms with Gasteiger partial charge in [0.25, 0.3) is 0 Å². The van der Waals surface area contributed by atoms with Crippen molar-refractivity contribution in [3.8, 4) is 6.07 Å². The van der Waals surface area contributed by atoms with Crippen molar-refractivity contribution < 1.29 is 4.79 Å². The number of rotatable bonds is 5. The molecule has 0 unspecified atom stereocenters. The molecule has 0 radical (unpaired) electrons. The summed E-state index contributed by atoms with van der Waals surface area (Å²) in [5.41, 5.74) is 4.97. The van der Waals surface area contributed by atoms with Gasteiger partial charge in [-0.15, -0.1) is 0 Å². The van der Waals surface area contributed by atoms with E-state index in [1.165, 1.54) is 30.2 Å². The van der Waals surface area contributed by atoms with Gasteiger partial charge in [0.05, 0.1) is 11.3 Å². The molecule has 1 aliphatic heterocycles. The van der Waals surface area contributed by atoms with Crippen LogP contribution in [-0.4, -0.2) is 29.7 Å². The molecule has 1 aromatic carbocycles. The number of anilines is 2. The number of nitrogens with zero attached hydrogens (tertiary/aromatic N) is 3. The van der Waals surface area contributed by atoms with Gasteiger partial charge in [-0.1, -0.05) is 30.0 Å². The number of aromatic nitrogens is 1. The van der Waals surface area contributed by atoms with Crippen molar-refractivity contribution in [2.45, 2.75) is 50.5 Å². The second-order valence-electron chi connectivity index (χ2n) is 7.74. The SMILES string of the molecule is Cc1ccccc1NC(=O)CSc1nc(N2CCCC2)c2c(c1C#N)CCCC2. The first-order chi connectivity index (χ1) is 14.2. The number of amides is 1. The minimum Gasteiger partial charge on any atom is -0.356 e. The quantitative estimate of drug-likeness (QED) is 0.742. The Bertz CT molecular complexity index is 960. The molecule has 1 aliphatic carbocycles. The maximum absolute atomic E-state index is 12.5. The second kappa shape index (κ2) is 8.87. The van der Waals surface area contributed by atoms with E-state index in [-0.39, 0.29) is 11.7 Å². The van der Waals surface area contributed by atoms with E-state index in [4.69, 9.17) is 4.98 Å². The molecule has 1 aromatic heterocycles. The molecular weight excluding hydrogens is 380 g/mol. The lowest BCUT2D eigenvalue weighted by Gasteiger charge is -2.27. The number of para-hydroxylation sites is 1. The van der Waals surface area contributed by atoms with E-state index >= 15 is 0 Å². The van der Waals surface area contributed by atoms with Gasteiger partial charge in [0.15, 0.2) is 0 Å². The number of nitriles is 1. The number of hydrogen-bond acceptors (Lipinski definition) is 5. The van der Waals surface area contributed by atoms with Gasteiger partial charge in [-0.2, -0.15) is 5.26 Å². The van der Waals surface area contributed by atoms with Gasteiger partial charge in [0.2, 0.25) is 5.91 Å². The molecule has 1 saturated heterocycles. The number of nitrogens with one attached hydrogen (secondary N) is 1. The van der Waals surface area contributed by atoms with Crippen LogP contribution < -0.4 is 10.2 Å². The van der Waals surface area contributed by atoms with Gasteiger partial charge < -0.3 is 10.2 Å². The Morgan fingerprint density at radius 1 is 1.17 bits per heavy atom. The van der Waals surface area contributed by atoms with Crippen molar-refractivity contribution in [3.63, 3.8) is 0 Å². The summed E-state index contributed by atoms with van der Waals surface area (Å²) in [6.07, 6.45) is 6.59. The minimum atomic E-state index is -0.0737. The summed E-state index contributed by atoms with van der Waals surface area (Å²) in [4.78, 5) is 19.8. The minimum absolute atomic E-state index is 0.0737. The molecule has 5 nitrogen and oxygen atoms in total. The van der Waals surface area contributed by atoms with Gasteiger partial charge in [0, 0.05) is 18.8 Å². The largest absolute Gasteiger partial charge is 0.356 e. The third-order valence-corrected chi connectivity index (χ3v) is 6.71. The van der Waals surface area contributed by atoms with Crippen molar-refractivity contribution in [2.75, 3.05) is 29.1 Å². The monoisotopic (exact) mass is 406 g/mol. The average molecular weight is 407 g/mol. The molecule has 4 rings (SSSR count). The summed E-state index contributed by atoms with van der Waals surface area (Å²) >= 11 is 1.38. The van der Waals surface area contributed by atoms with Crippen LogP contribution in [0.25, 0.3) is 0 Å². The van der Waals surface area contributed by atoms with Crippen LogP contribution >= 0.6 is 11.8 Å². The standard InChI is InChI=1S/C23H26N4OS/c1-16-8-2-5-11-20(16)25-21(28)15-29-23-19(14-24)17-9-3-4-10-18(17)22(26-23)27-12-6-7-13-27/h2,5,8,11H,3-4,6-7,9-10,12-13,15H2,1H3,(H,25,28). The molecule has 0 atom stereocenters. The van der Waals surface area contributed by atoms with E-state index in [2.05, 4.69) is 16.3 Å². The van der Waals surface area contributed by atoms with E-state index in [0.717, 1.165) is 61.4 Å². The number of aryl methyl sites for hydroxylation is 1. The topological polar surface area (TPSA) is 69.0 Å². The van der Waals surface area contributed by atoms with Crippen LogP contribution in [0, 0.1) is 18.3 Å². The number of thioether (sulfide) groups is 1. The third-order valence-electron chi connectivity index (χ3n) is 5.74. The maximum Gasteiger partial charge on any atom is 0.234 e. The molecule has 0 bridgehead atoms. The molecule has 150 valence electrons. The first kappa shape index (κ1) is 19.8. The third kappa shape index (κ3) is 4.25. The first-order valence-corrected chi connectivity index (χ1v) is 11.3. The normalized spacial score (nSPS) is 15.7. The molecule has 1 N–H and O–H groups in total. The van der Waals surface area contributed by atoms with Crippen molar-refractivity contribution in [1.29, 1.82) is 5.26 Å². The molecule has 1 amide bonds. The molecule has 0 spiro atoms. The fourth-order valence-electron chi connectivity index (χ4n) is 4.22. The van der Waals surface area contributed by atoms with Gasteiger partial charge in [-0.3, -0.25) is 4.79 Å². The predicted molar refractivity (Wildman–Crippen MR) is 118 cm³/mol. The summed E-state index contributed by atoms with van der Waals surface area (Å²) in [5.74, 6) is 1.22. The lowest BCUT2D eigenvalue weighted by atomic mass is 9.89. The van der Waals surface area contributed by atoms with Gasteiger partial charge in [-0.05, 0) is 68.2 Å². The number of hydrogen-bond donors (Lipinski definition) is 1. The Kier molecular flexibility index (Phi) is 6.05. The lowest BCUT2D eigenvalue weighted by Crippen LogP contribution is -2.24. The fourth-order valence-corrected chi connectivity index (χ4v) is 5.02. The average Bonchev–Trinajstić information content (AvgIpc) is 3.27. The Labute approximate surface area is 176 Å². The van der Waals surface area contributed by atoms with Gasteiger partial charge in [0.1, 0.15) is 16.9 Å². The Balaban J connectivity index is 1.58. The van der Waals surface area contributed by atoms with Crippen molar-refractivity contribution >= 4 is 29.2 Å². The summed E-state index contributed by atoms with van der Waals surface area (Å²) in [5, 5.41) is 13.5. The smallest absolute Gasteiger partial charge is 0.234 e. The van der Waals surface area contributed by atoms with E-state index in [0.29, 0.717) is 10.6 Å². The van der Waals surface area contributed by atoms with Crippen molar-refractivity contribution in [3.05, 3.63) is 46.5 Å². The number of benzene rings is 1. The highest BCUT2D eigenvalue weighted by Gasteiger charge is 2.26. The highest BCUT2D eigenvalue weighted by molar-refractivity contribution is 8.00. The number of pyridine rings is 1. The van der Waals surface area contributed by atoms with Crippen molar-refractivity contribution in [1.82, 2.24) is 4.98 Å². The number of carbonyl (C=O) groups excluding carboxylic acids is 1. The Morgan fingerprint density at radius 3 is 2.62 bits per heavy atom. The van der Waals surface area contributed by atoms with Crippen LogP contribution in [0.4, 0.5) is 11.5 Å². The van der Waals surface area contributed by atoms with Crippen molar-refractivity contribution in [2.24, 2.45) is 0 Å². The zero-order valence-corrected chi connectivity index (χ0v) is 17.6. The lowest BCUT2D eigenvalue weighted by molar-refractivity contribution is -0.113. The zero-order chi connectivity index (χ0) is 20.2. The highest BCUT2D eigenvalue weighted by atomic mass is 32.2. The summed E-state index contributed by atoms with van der Waals surface area (Å²) in [6.45, 7) is 4.04. The maximum atomic E-state index is 12.5. The van der Waals surface area contributed by atoms with Crippen LogP contribution in [0.3, 0.4) is 0 Å². The van der Waals surface area contributed by atoms with Crippen LogP contribution in [0.1, 0.15) is 47.9 Å². The van der Waals surface area contributed by atoms with E-state index in [1.54, 1.807) is 0 Å². The number of fused-ring (bicyclic) bond motifs is 1. The van der Waals surface area contributed by atoms with Gasteiger partial charge >= 0.3 is 0 Å². The predicted octanol–water partition coefficient (Wildman–Crippen LogP) is 4.47. The molecule has 2 heterocycles. The molecule has 2 aromatic rings. The Morgan fingerprint density at radius 2 is 1.90 bits per heavy atom. The zero-order valence-electron chi connectivity index (χ0n) is 16.8. The molecule has 2 aliphatic rings. The fraction of sp³-hybridized carbons (Fsp3) is 0.435. The Hall–Kier alpha value is -2.52. The molecule has 0 saturated carbocycles. The van der Waals surface area contributed by atoms with Crippen LogP contribution in [-0.2, 0) is 17.6 Å².